The van der Waals surface area contributed by atoms with Gasteiger partial charge in [0, 0.05) is 6.07 Å². The maximum Gasteiger partial charge on any atom is 0.436 e. The topological polar surface area (TPSA) is 77.2 Å². The number of rotatable bonds is 3. The van der Waals surface area contributed by atoms with Gasteiger partial charge >= 0.3 is 12.1 Å². The van der Waals surface area contributed by atoms with Gasteiger partial charge in [0.25, 0.3) is 0 Å². The highest BCUT2D eigenvalue weighted by Crippen LogP contribution is 2.33. The first-order valence-electron chi connectivity index (χ1n) is 5.25. The van der Waals surface area contributed by atoms with E-state index in [1.54, 1.807) is 0 Å². The number of aromatic carboxylic acids is 1. The molecule has 0 atom stereocenters. The molecule has 106 valence electrons. The van der Waals surface area contributed by atoms with Crippen LogP contribution in [0.4, 0.5) is 13.2 Å². The molecule has 0 saturated carbocycles. The van der Waals surface area contributed by atoms with Crippen molar-refractivity contribution >= 4 is 5.97 Å². The second-order valence-electron chi connectivity index (χ2n) is 3.70. The molecule has 1 heterocycles. The van der Waals surface area contributed by atoms with Crippen molar-refractivity contribution in [3.8, 4) is 11.4 Å². The SMILES string of the molecule is COc1cccc(-n2nnc(C(=O)O)c2C(F)(F)F)c1. The first-order chi connectivity index (χ1) is 9.34. The fourth-order valence-electron chi connectivity index (χ4n) is 1.60. The molecule has 2 aromatic rings. The van der Waals surface area contributed by atoms with Gasteiger partial charge in [0.05, 0.1) is 12.8 Å². The summed E-state index contributed by atoms with van der Waals surface area (Å²) in [6, 6.07) is 5.61. The number of hydrogen-bond donors (Lipinski definition) is 1. The number of nitrogens with zero attached hydrogens (tertiary/aromatic N) is 3. The lowest BCUT2D eigenvalue weighted by Crippen LogP contribution is -2.17. The molecule has 20 heavy (non-hydrogen) atoms. The van der Waals surface area contributed by atoms with Crippen LogP contribution in [0.15, 0.2) is 24.3 Å². The molecule has 0 aliphatic carbocycles. The van der Waals surface area contributed by atoms with E-state index in [-0.39, 0.29) is 5.69 Å². The van der Waals surface area contributed by atoms with Crippen LogP contribution in [0, 0.1) is 0 Å². The van der Waals surface area contributed by atoms with E-state index < -0.39 is 23.5 Å². The van der Waals surface area contributed by atoms with Crippen molar-refractivity contribution in [1.82, 2.24) is 15.0 Å². The van der Waals surface area contributed by atoms with Gasteiger partial charge in [-0.3, -0.25) is 0 Å². The Morgan fingerprint density at radius 2 is 2.10 bits per heavy atom. The summed E-state index contributed by atoms with van der Waals surface area (Å²) in [7, 11) is 1.35. The molecule has 0 aliphatic rings. The lowest BCUT2D eigenvalue weighted by atomic mass is 10.2. The van der Waals surface area contributed by atoms with E-state index in [0.29, 0.717) is 10.4 Å². The Balaban J connectivity index is 2.65. The quantitative estimate of drug-likeness (QED) is 0.934. The fourth-order valence-corrected chi connectivity index (χ4v) is 1.60. The first-order valence-corrected chi connectivity index (χ1v) is 5.25. The zero-order valence-electron chi connectivity index (χ0n) is 10.0. The van der Waals surface area contributed by atoms with Gasteiger partial charge in [-0.2, -0.15) is 13.2 Å². The van der Waals surface area contributed by atoms with Crippen molar-refractivity contribution in [1.29, 1.82) is 0 Å². The Bertz CT molecular complexity index is 652. The minimum Gasteiger partial charge on any atom is -0.497 e. The van der Waals surface area contributed by atoms with Crippen LogP contribution >= 0.6 is 0 Å². The van der Waals surface area contributed by atoms with E-state index >= 15 is 0 Å². The predicted octanol–water partition coefficient (Wildman–Crippen LogP) is 1.99. The lowest BCUT2D eigenvalue weighted by Gasteiger charge is -2.10. The van der Waals surface area contributed by atoms with Crippen LogP contribution in [0.25, 0.3) is 5.69 Å². The molecule has 1 aromatic heterocycles. The van der Waals surface area contributed by atoms with Gasteiger partial charge in [0.15, 0.2) is 5.69 Å². The molecule has 1 aromatic carbocycles. The molecular weight excluding hydrogens is 279 g/mol. The van der Waals surface area contributed by atoms with Crippen molar-refractivity contribution in [3.63, 3.8) is 0 Å². The first kappa shape index (κ1) is 13.8. The second kappa shape index (κ2) is 4.83. The maximum absolute atomic E-state index is 13.0. The van der Waals surface area contributed by atoms with Gasteiger partial charge in [0.2, 0.25) is 5.69 Å². The number of carbonyl (C=O) groups is 1. The third-order valence-corrected chi connectivity index (χ3v) is 2.44. The summed E-state index contributed by atoms with van der Waals surface area (Å²) in [4.78, 5) is 10.8. The minimum atomic E-state index is -4.90. The van der Waals surface area contributed by atoms with E-state index in [0.717, 1.165) is 0 Å². The summed E-state index contributed by atoms with van der Waals surface area (Å²) in [5.41, 5.74) is -2.60. The Labute approximate surface area is 110 Å². The molecule has 0 spiro atoms. The van der Waals surface area contributed by atoms with E-state index in [2.05, 4.69) is 10.3 Å². The Morgan fingerprint density at radius 1 is 1.40 bits per heavy atom. The molecule has 1 N–H and O–H groups in total. The molecule has 0 bridgehead atoms. The number of benzene rings is 1. The third kappa shape index (κ3) is 2.42. The number of aromatic nitrogens is 3. The highest BCUT2D eigenvalue weighted by atomic mass is 19.4. The summed E-state index contributed by atoms with van der Waals surface area (Å²) >= 11 is 0. The van der Waals surface area contributed by atoms with Gasteiger partial charge in [-0.15, -0.1) is 5.10 Å². The number of carboxylic acids is 1. The van der Waals surface area contributed by atoms with Gasteiger partial charge in [-0.05, 0) is 12.1 Å². The Morgan fingerprint density at radius 3 is 2.65 bits per heavy atom. The number of methoxy groups -OCH3 is 1. The van der Waals surface area contributed by atoms with E-state index in [1.807, 2.05) is 0 Å². The minimum absolute atomic E-state index is 0.00308. The fraction of sp³-hybridized carbons (Fsp3) is 0.182. The summed E-state index contributed by atoms with van der Waals surface area (Å²) in [6.07, 6.45) is -4.90. The average Bonchev–Trinajstić information content (AvgIpc) is 2.83. The summed E-state index contributed by atoms with van der Waals surface area (Å²) in [5, 5.41) is 15.1. The van der Waals surface area contributed by atoms with E-state index in [4.69, 9.17) is 9.84 Å². The van der Waals surface area contributed by atoms with Gasteiger partial charge in [-0.25, -0.2) is 9.48 Å². The molecule has 2 rings (SSSR count). The van der Waals surface area contributed by atoms with Crippen LogP contribution in [0.2, 0.25) is 0 Å². The third-order valence-electron chi connectivity index (χ3n) is 2.44. The van der Waals surface area contributed by atoms with Crippen molar-refractivity contribution in [3.05, 3.63) is 35.7 Å². The molecule has 9 heteroatoms. The molecular formula is C11H8F3N3O3. The number of carboxylic acid groups (broad SMARTS) is 1. The monoisotopic (exact) mass is 287 g/mol. The van der Waals surface area contributed by atoms with Crippen molar-refractivity contribution in [2.75, 3.05) is 7.11 Å². The molecule has 0 radical (unpaired) electrons. The maximum atomic E-state index is 13.0. The summed E-state index contributed by atoms with van der Waals surface area (Å²) in [6.45, 7) is 0. The number of alkyl halides is 3. The van der Waals surface area contributed by atoms with E-state index in [1.165, 1.54) is 31.4 Å². The van der Waals surface area contributed by atoms with Crippen LogP contribution in [-0.4, -0.2) is 33.2 Å². The van der Waals surface area contributed by atoms with Gasteiger partial charge in [-0.1, -0.05) is 11.3 Å². The highest BCUT2D eigenvalue weighted by Gasteiger charge is 2.42. The molecule has 0 unspecified atom stereocenters. The van der Waals surface area contributed by atoms with Crippen LogP contribution in [0.1, 0.15) is 16.2 Å². The predicted molar refractivity (Wildman–Crippen MR) is 59.9 cm³/mol. The zero-order valence-corrected chi connectivity index (χ0v) is 10.0. The van der Waals surface area contributed by atoms with Gasteiger partial charge < -0.3 is 9.84 Å². The average molecular weight is 287 g/mol. The van der Waals surface area contributed by atoms with E-state index in [9.17, 15) is 18.0 Å². The zero-order chi connectivity index (χ0) is 14.9. The number of hydrogen-bond acceptors (Lipinski definition) is 4. The largest absolute Gasteiger partial charge is 0.497 e. The van der Waals surface area contributed by atoms with Crippen LogP contribution in [0.5, 0.6) is 5.75 Å². The normalized spacial score (nSPS) is 11.4. The van der Waals surface area contributed by atoms with Crippen molar-refractivity contribution in [2.45, 2.75) is 6.18 Å². The summed E-state index contributed by atoms with van der Waals surface area (Å²) < 4.78 is 44.2. The Kier molecular flexibility index (Phi) is 3.35. The smallest absolute Gasteiger partial charge is 0.436 e. The van der Waals surface area contributed by atoms with Crippen molar-refractivity contribution < 1.29 is 27.8 Å². The molecule has 6 nitrogen and oxygen atoms in total. The Hall–Kier alpha value is -2.58. The second-order valence-corrected chi connectivity index (χ2v) is 3.70. The number of halogens is 3. The van der Waals surface area contributed by atoms with Gasteiger partial charge in [0.1, 0.15) is 5.75 Å². The lowest BCUT2D eigenvalue weighted by molar-refractivity contribution is -0.143. The number of ether oxygens (including phenoxy) is 1. The molecule has 0 fully saturated rings. The summed E-state index contributed by atoms with van der Waals surface area (Å²) in [5.74, 6) is -1.49. The van der Waals surface area contributed by atoms with Crippen LogP contribution < -0.4 is 4.74 Å². The molecule has 0 amide bonds. The molecule has 0 aliphatic heterocycles. The molecule has 0 saturated heterocycles. The van der Waals surface area contributed by atoms with Crippen LogP contribution in [0.3, 0.4) is 0 Å². The van der Waals surface area contributed by atoms with Crippen molar-refractivity contribution in [2.24, 2.45) is 0 Å². The van der Waals surface area contributed by atoms with Crippen LogP contribution in [-0.2, 0) is 6.18 Å². The standard InChI is InChI=1S/C11H8F3N3O3/c1-20-7-4-2-3-6(5-7)17-9(11(12,13)14)8(10(18)19)15-16-17/h2-5H,1H3,(H,18,19). The highest BCUT2D eigenvalue weighted by molar-refractivity contribution is 5.86.